The zero-order valence-electron chi connectivity index (χ0n) is 11.2. The molecule has 0 bridgehead atoms. The predicted octanol–water partition coefficient (Wildman–Crippen LogP) is 3.93. The van der Waals surface area contributed by atoms with Crippen molar-refractivity contribution in [2.24, 2.45) is 4.99 Å². The quantitative estimate of drug-likeness (QED) is 0.887. The van der Waals surface area contributed by atoms with Gasteiger partial charge in [0.1, 0.15) is 5.84 Å². The summed E-state index contributed by atoms with van der Waals surface area (Å²) in [7, 11) is 0. The minimum absolute atomic E-state index is 0.779. The number of halogens is 1. The van der Waals surface area contributed by atoms with Crippen molar-refractivity contribution in [2.45, 2.75) is 32.1 Å². The largest absolute Gasteiger partial charge is 0.370 e. The average Bonchev–Trinajstić information content (AvgIpc) is 2.94. The molecule has 1 fully saturated rings. The molecule has 1 aromatic carbocycles. The molecule has 0 spiro atoms. The van der Waals surface area contributed by atoms with Gasteiger partial charge in [-0.25, -0.2) is 0 Å². The van der Waals surface area contributed by atoms with Crippen LogP contribution < -0.4 is 10.2 Å². The molecule has 0 saturated carbocycles. The number of aliphatic imine (C=N–C) groups is 1. The van der Waals surface area contributed by atoms with E-state index in [2.05, 4.69) is 21.3 Å². The fraction of sp³-hybridized carbons (Fsp3) is 0.533. The molecule has 3 rings (SSSR count). The summed E-state index contributed by atoms with van der Waals surface area (Å²) < 4.78 is 0. The lowest BCUT2D eigenvalue weighted by Crippen LogP contribution is -2.22. The summed E-state index contributed by atoms with van der Waals surface area (Å²) in [6, 6.07) is 6.12. The summed E-state index contributed by atoms with van der Waals surface area (Å²) in [6.07, 6.45) is 6.04. The molecule has 102 valence electrons. The Morgan fingerprint density at radius 3 is 2.68 bits per heavy atom. The van der Waals surface area contributed by atoms with Gasteiger partial charge in [0.2, 0.25) is 0 Å². The summed E-state index contributed by atoms with van der Waals surface area (Å²) in [5.74, 6) is 1.11. The molecular weight excluding hydrogens is 258 g/mol. The van der Waals surface area contributed by atoms with Crippen LogP contribution in [0, 0.1) is 0 Å². The van der Waals surface area contributed by atoms with Crippen LogP contribution in [0.25, 0.3) is 0 Å². The fourth-order valence-electron chi connectivity index (χ4n) is 2.80. The zero-order valence-corrected chi connectivity index (χ0v) is 11.9. The highest BCUT2D eigenvalue weighted by Gasteiger charge is 2.17. The van der Waals surface area contributed by atoms with Crippen LogP contribution in [0.15, 0.2) is 23.2 Å². The van der Waals surface area contributed by atoms with Crippen LogP contribution >= 0.6 is 11.6 Å². The number of amidine groups is 1. The Kier molecular flexibility index (Phi) is 3.92. The van der Waals surface area contributed by atoms with Crippen molar-refractivity contribution in [3.8, 4) is 0 Å². The maximum absolute atomic E-state index is 6.14. The molecule has 1 aromatic rings. The normalized spacial score (nSPS) is 19.4. The number of nitrogens with zero attached hydrogens (tertiary/aromatic N) is 2. The van der Waals surface area contributed by atoms with E-state index in [-0.39, 0.29) is 0 Å². The van der Waals surface area contributed by atoms with Crippen LogP contribution in [0.1, 0.15) is 32.1 Å². The maximum atomic E-state index is 6.14. The molecule has 2 aliphatic heterocycles. The molecule has 0 aliphatic carbocycles. The van der Waals surface area contributed by atoms with E-state index in [0.29, 0.717) is 0 Å². The molecule has 1 saturated heterocycles. The fourth-order valence-corrected chi connectivity index (χ4v) is 2.97. The lowest BCUT2D eigenvalue weighted by atomic mass is 10.1. The van der Waals surface area contributed by atoms with Crippen LogP contribution in [0.5, 0.6) is 0 Å². The van der Waals surface area contributed by atoms with Gasteiger partial charge in [-0.2, -0.15) is 0 Å². The lowest BCUT2D eigenvalue weighted by molar-refractivity contribution is 0.737. The van der Waals surface area contributed by atoms with Gasteiger partial charge in [-0.05, 0) is 43.9 Å². The molecule has 3 nitrogen and oxygen atoms in total. The van der Waals surface area contributed by atoms with Crippen LogP contribution in [-0.2, 0) is 0 Å². The maximum Gasteiger partial charge on any atom is 0.101 e. The summed E-state index contributed by atoms with van der Waals surface area (Å²) in [5, 5.41) is 4.27. The molecule has 0 radical (unpaired) electrons. The second-order valence-corrected chi connectivity index (χ2v) is 5.70. The van der Waals surface area contributed by atoms with Gasteiger partial charge in [-0.15, -0.1) is 0 Å². The second kappa shape index (κ2) is 5.83. The first-order chi connectivity index (χ1) is 9.33. The van der Waals surface area contributed by atoms with Crippen molar-refractivity contribution in [3.05, 3.63) is 23.2 Å². The van der Waals surface area contributed by atoms with E-state index in [0.717, 1.165) is 42.6 Å². The van der Waals surface area contributed by atoms with Gasteiger partial charge >= 0.3 is 0 Å². The molecular formula is C15H20ClN3. The van der Waals surface area contributed by atoms with E-state index in [1.165, 1.54) is 31.4 Å². The summed E-state index contributed by atoms with van der Waals surface area (Å²) in [5.41, 5.74) is 2.37. The van der Waals surface area contributed by atoms with Gasteiger partial charge in [-0.3, -0.25) is 4.99 Å². The highest BCUT2D eigenvalue weighted by Crippen LogP contribution is 2.32. The van der Waals surface area contributed by atoms with Crippen LogP contribution in [0.4, 0.5) is 11.4 Å². The number of anilines is 2. The van der Waals surface area contributed by atoms with Gasteiger partial charge in [0, 0.05) is 31.1 Å². The van der Waals surface area contributed by atoms with E-state index < -0.39 is 0 Å². The van der Waals surface area contributed by atoms with Crippen molar-refractivity contribution >= 4 is 28.8 Å². The second-order valence-electron chi connectivity index (χ2n) is 5.27. The lowest BCUT2D eigenvalue weighted by Gasteiger charge is -2.23. The van der Waals surface area contributed by atoms with E-state index in [9.17, 15) is 0 Å². The van der Waals surface area contributed by atoms with Crippen LogP contribution in [-0.4, -0.2) is 25.5 Å². The first-order valence-corrected chi connectivity index (χ1v) is 7.55. The Hall–Kier alpha value is -1.22. The Morgan fingerprint density at radius 2 is 1.95 bits per heavy atom. The third-order valence-corrected chi connectivity index (χ3v) is 4.04. The van der Waals surface area contributed by atoms with Crippen molar-refractivity contribution in [1.82, 2.24) is 0 Å². The van der Waals surface area contributed by atoms with E-state index in [1.54, 1.807) is 0 Å². The van der Waals surface area contributed by atoms with E-state index in [1.807, 2.05) is 12.1 Å². The van der Waals surface area contributed by atoms with E-state index >= 15 is 0 Å². The highest BCUT2D eigenvalue weighted by atomic mass is 35.5. The topological polar surface area (TPSA) is 27.6 Å². The minimum atomic E-state index is 0.779. The third-order valence-electron chi connectivity index (χ3n) is 3.81. The number of nitrogens with one attached hydrogen (secondary N) is 1. The zero-order chi connectivity index (χ0) is 13.1. The van der Waals surface area contributed by atoms with Crippen LogP contribution in [0.3, 0.4) is 0 Å². The van der Waals surface area contributed by atoms with Gasteiger partial charge < -0.3 is 10.2 Å². The molecule has 2 heterocycles. The Bertz CT molecular complexity index is 478. The average molecular weight is 278 g/mol. The van der Waals surface area contributed by atoms with Gasteiger partial charge in [0.05, 0.1) is 11.4 Å². The first kappa shape index (κ1) is 12.8. The molecule has 2 aliphatic rings. The smallest absolute Gasteiger partial charge is 0.101 e. The Balaban J connectivity index is 1.85. The standard InChI is InChI=1S/C15H20ClN3/c16-12-6-7-14(19-9-3-4-10-19)13(11-12)18-15-5-1-2-8-17-15/h6-7,11H,1-5,8-10H2,(H,17,18). The summed E-state index contributed by atoms with van der Waals surface area (Å²) in [4.78, 5) is 7.00. The molecule has 4 heteroatoms. The van der Waals surface area contributed by atoms with Crippen molar-refractivity contribution in [3.63, 3.8) is 0 Å². The molecule has 1 N–H and O–H groups in total. The predicted molar refractivity (Wildman–Crippen MR) is 82.7 cm³/mol. The molecule has 0 atom stereocenters. The Labute approximate surface area is 119 Å². The van der Waals surface area contributed by atoms with Crippen molar-refractivity contribution < 1.29 is 0 Å². The van der Waals surface area contributed by atoms with Gasteiger partial charge in [0.25, 0.3) is 0 Å². The van der Waals surface area contributed by atoms with E-state index in [4.69, 9.17) is 11.6 Å². The third kappa shape index (κ3) is 3.03. The number of benzene rings is 1. The monoisotopic (exact) mass is 277 g/mol. The summed E-state index contributed by atoms with van der Waals surface area (Å²) in [6.45, 7) is 3.23. The number of rotatable bonds is 2. The van der Waals surface area contributed by atoms with Crippen molar-refractivity contribution in [2.75, 3.05) is 29.9 Å². The summed E-state index contributed by atoms with van der Waals surface area (Å²) >= 11 is 6.14. The molecule has 0 unspecified atom stereocenters. The van der Waals surface area contributed by atoms with Crippen molar-refractivity contribution in [1.29, 1.82) is 0 Å². The molecule has 0 aromatic heterocycles. The SMILES string of the molecule is Clc1ccc(N2CCCC2)c(NC2=NCCCC2)c1. The number of hydrogen-bond acceptors (Lipinski definition) is 3. The Morgan fingerprint density at radius 1 is 1.11 bits per heavy atom. The highest BCUT2D eigenvalue weighted by molar-refractivity contribution is 6.31. The molecule has 0 amide bonds. The molecule has 19 heavy (non-hydrogen) atoms. The number of hydrogen-bond donors (Lipinski definition) is 1. The van der Waals surface area contributed by atoms with Crippen LogP contribution in [0.2, 0.25) is 5.02 Å². The van der Waals surface area contributed by atoms with Gasteiger partial charge in [0.15, 0.2) is 0 Å². The first-order valence-electron chi connectivity index (χ1n) is 7.18. The van der Waals surface area contributed by atoms with Gasteiger partial charge in [-0.1, -0.05) is 11.6 Å². The minimum Gasteiger partial charge on any atom is -0.370 e.